The highest BCUT2D eigenvalue weighted by Crippen LogP contribution is 2.43. The monoisotopic (exact) mass is 620 g/mol. The molecule has 4 heterocycles. The lowest BCUT2D eigenvalue weighted by Gasteiger charge is -2.39. The van der Waals surface area contributed by atoms with Crippen LogP contribution >= 0.6 is 11.6 Å². The van der Waals surface area contributed by atoms with Crippen molar-refractivity contribution in [3.63, 3.8) is 0 Å². The summed E-state index contributed by atoms with van der Waals surface area (Å²) in [5.74, 6) is -0.500. The van der Waals surface area contributed by atoms with Crippen molar-refractivity contribution < 1.29 is 27.4 Å². The number of rotatable bonds is 7. The van der Waals surface area contributed by atoms with Gasteiger partial charge in [-0.1, -0.05) is 17.7 Å². The number of alkyl halides is 3. The van der Waals surface area contributed by atoms with Crippen LogP contribution in [0, 0.1) is 5.41 Å². The molecule has 2 aliphatic heterocycles. The van der Waals surface area contributed by atoms with Gasteiger partial charge in [-0.25, -0.2) is 0 Å². The number of pyridine rings is 1. The molecule has 230 valence electrons. The zero-order valence-corrected chi connectivity index (χ0v) is 24.4. The van der Waals surface area contributed by atoms with Gasteiger partial charge in [-0.05, 0) is 60.9 Å². The first-order valence-corrected chi connectivity index (χ1v) is 14.2. The number of piperidine rings is 1. The summed E-state index contributed by atoms with van der Waals surface area (Å²) in [5.41, 5.74) is 5.57. The maximum Gasteiger partial charge on any atom is 0.429 e. The largest absolute Gasteiger partial charge is 0.465 e. The van der Waals surface area contributed by atoms with Crippen LogP contribution in [0.4, 0.5) is 24.9 Å². The Bertz CT molecular complexity index is 1560. The summed E-state index contributed by atoms with van der Waals surface area (Å²) in [7, 11) is 1.54. The molecular formula is C29H32ClF3N6O4. The number of carbonyl (C=O) groups is 1. The lowest BCUT2D eigenvalue weighted by Crippen LogP contribution is -2.41. The third-order valence-electron chi connectivity index (χ3n) is 8.04. The zero-order chi connectivity index (χ0) is 30.9. The highest BCUT2D eigenvalue weighted by Gasteiger charge is 2.46. The lowest BCUT2D eigenvalue weighted by molar-refractivity contribution is -0.198. The third kappa shape index (κ3) is 6.72. The molecule has 1 aromatic carbocycles. The predicted octanol–water partition coefficient (Wildman–Crippen LogP) is 4.27. The molecule has 3 aromatic rings. The van der Waals surface area contributed by atoms with E-state index in [-0.39, 0.29) is 51.0 Å². The lowest BCUT2D eigenvalue weighted by atomic mass is 9.76. The van der Waals surface area contributed by atoms with E-state index in [9.17, 15) is 22.8 Å². The Kier molecular flexibility index (Phi) is 8.57. The fourth-order valence-electron chi connectivity index (χ4n) is 5.72. The molecule has 1 spiro atoms. The number of nitrogens with one attached hydrogen (secondary N) is 1. The molecule has 0 radical (unpaired) electrons. The van der Waals surface area contributed by atoms with E-state index in [2.05, 4.69) is 15.3 Å². The Hall–Kier alpha value is -3.84. The molecule has 14 heteroatoms. The molecule has 0 unspecified atom stereocenters. The fraction of sp³-hybridized carbons (Fsp3) is 0.448. The standard InChI is InChI=1S/C29H32ClF3N6O4/c1-3-42-26(41)21-15-28(16-35-21)7-10-39(11-8-28)22-14-23(37-27(34)36-22)43-25(29(31,32)33)19-5-4-18(30)13-20(19)17-6-9-38(2)24(40)12-17/h4-6,9,12-14,21,25,35H,3,7-8,10-11,15-16H2,1-2H3,(H2,34,36,37)/t21-,25+/m0/s1. The number of nitrogen functional groups attached to an aromatic ring is 1. The zero-order valence-electron chi connectivity index (χ0n) is 23.7. The summed E-state index contributed by atoms with van der Waals surface area (Å²) >= 11 is 6.15. The first-order chi connectivity index (χ1) is 20.4. The smallest absolute Gasteiger partial charge is 0.429 e. The molecule has 5 rings (SSSR count). The number of aryl methyl sites for hydroxylation is 1. The van der Waals surface area contributed by atoms with Crippen LogP contribution in [0.3, 0.4) is 0 Å². The molecule has 2 fully saturated rings. The molecule has 0 saturated carbocycles. The van der Waals surface area contributed by atoms with Crippen molar-refractivity contribution in [1.82, 2.24) is 19.9 Å². The van der Waals surface area contributed by atoms with Gasteiger partial charge in [0.1, 0.15) is 11.9 Å². The maximum atomic E-state index is 14.5. The van der Waals surface area contributed by atoms with Gasteiger partial charge in [0.05, 0.1) is 6.61 Å². The number of aromatic nitrogens is 3. The topological polar surface area (TPSA) is 125 Å². The predicted molar refractivity (Wildman–Crippen MR) is 155 cm³/mol. The van der Waals surface area contributed by atoms with Crippen LogP contribution in [0.2, 0.25) is 5.02 Å². The summed E-state index contributed by atoms with van der Waals surface area (Å²) in [6, 6.07) is 7.68. The van der Waals surface area contributed by atoms with Crippen LogP contribution in [0.1, 0.15) is 37.9 Å². The van der Waals surface area contributed by atoms with Gasteiger partial charge in [-0.2, -0.15) is 23.1 Å². The number of carbonyl (C=O) groups excluding carboxylic acids is 1. The van der Waals surface area contributed by atoms with E-state index in [1.54, 1.807) is 6.92 Å². The Balaban J connectivity index is 1.39. The molecule has 2 aromatic heterocycles. The molecule has 43 heavy (non-hydrogen) atoms. The van der Waals surface area contributed by atoms with Gasteiger partial charge in [0.15, 0.2) is 0 Å². The Morgan fingerprint density at radius 1 is 1.21 bits per heavy atom. The minimum absolute atomic E-state index is 0.0867. The first kappa shape index (κ1) is 30.6. The average Bonchev–Trinajstić information content (AvgIpc) is 3.36. The van der Waals surface area contributed by atoms with Crippen molar-refractivity contribution in [3.05, 3.63) is 63.5 Å². The third-order valence-corrected chi connectivity index (χ3v) is 8.27. The van der Waals surface area contributed by atoms with Gasteiger partial charge >= 0.3 is 12.1 Å². The molecule has 2 aliphatic rings. The van der Waals surface area contributed by atoms with Crippen LogP contribution in [0.15, 0.2) is 47.4 Å². The first-order valence-electron chi connectivity index (χ1n) is 13.9. The molecular weight excluding hydrogens is 589 g/mol. The van der Waals surface area contributed by atoms with E-state index >= 15 is 0 Å². The van der Waals surface area contributed by atoms with Crippen LogP contribution in [0.5, 0.6) is 5.88 Å². The minimum Gasteiger partial charge on any atom is -0.465 e. The van der Waals surface area contributed by atoms with Crippen molar-refractivity contribution in [2.24, 2.45) is 12.5 Å². The van der Waals surface area contributed by atoms with Gasteiger partial charge < -0.3 is 30.0 Å². The second-order valence-electron chi connectivity index (χ2n) is 10.9. The number of halogens is 4. The van der Waals surface area contributed by atoms with Gasteiger partial charge in [0.25, 0.3) is 5.56 Å². The molecule has 0 aliphatic carbocycles. The summed E-state index contributed by atoms with van der Waals surface area (Å²) in [6.07, 6.45) is -3.70. The van der Waals surface area contributed by atoms with Crippen LogP contribution in [-0.4, -0.2) is 59.0 Å². The fourth-order valence-corrected chi connectivity index (χ4v) is 5.89. The molecule has 0 amide bonds. The van der Waals surface area contributed by atoms with Crippen LogP contribution in [0.25, 0.3) is 11.1 Å². The van der Waals surface area contributed by atoms with Crippen molar-refractivity contribution in [2.75, 3.05) is 36.9 Å². The highest BCUT2D eigenvalue weighted by molar-refractivity contribution is 6.30. The highest BCUT2D eigenvalue weighted by atomic mass is 35.5. The van der Waals surface area contributed by atoms with E-state index in [1.165, 1.54) is 54.2 Å². The summed E-state index contributed by atoms with van der Waals surface area (Å²) in [6.45, 7) is 3.87. The number of nitrogens with two attached hydrogens (primary N) is 1. The number of hydrogen-bond acceptors (Lipinski definition) is 9. The number of ether oxygens (including phenoxy) is 2. The Morgan fingerprint density at radius 2 is 1.95 bits per heavy atom. The number of benzene rings is 1. The van der Waals surface area contributed by atoms with Crippen molar-refractivity contribution >= 4 is 29.3 Å². The number of esters is 1. The average molecular weight is 621 g/mol. The number of anilines is 2. The normalized spacial score (nSPS) is 18.9. The van der Waals surface area contributed by atoms with E-state index < -0.39 is 17.8 Å². The number of nitrogens with zero attached hydrogens (tertiary/aromatic N) is 4. The van der Waals surface area contributed by atoms with Crippen molar-refractivity contribution in [3.8, 4) is 17.0 Å². The maximum absolute atomic E-state index is 14.5. The second-order valence-corrected chi connectivity index (χ2v) is 11.4. The summed E-state index contributed by atoms with van der Waals surface area (Å²) in [5, 5.41) is 3.46. The molecule has 3 N–H and O–H groups in total. The Morgan fingerprint density at radius 3 is 2.63 bits per heavy atom. The van der Waals surface area contributed by atoms with Crippen LogP contribution < -0.4 is 26.2 Å². The molecule has 2 saturated heterocycles. The summed E-state index contributed by atoms with van der Waals surface area (Å²) < 4.78 is 55.6. The van der Waals surface area contributed by atoms with Gasteiger partial charge in [-0.15, -0.1) is 0 Å². The molecule has 2 atom stereocenters. The van der Waals surface area contributed by atoms with E-state index in [0.29, 0.717) is 38.5 Å². The van der Waals surface area contributed by atoms with Gasteiger partial charge in [0.2, 0.25) is 17.9 Å². The Labute approximate surface area is 251 Å². The quantitative estimate of drug-likeness (QED) is 0.373. The van der Waals surface area contributed by atoms with Gasteiger partial charge in [0, 0.05) is 55.6 Å². The van der Waals surface area contributed by atoms with E-state index in [4.69, 9.17) is 26.8 Å². The molecule has 0 bridgehead atoms. The van der Waals surface area contributed by atoms with Crippen molar-refractivity contribution in [1.29, 1.82) is 0 Å². The van der Waals surface area contributed by atoms with E-state index in [0.717, 1.165) is 12.8 Å². The van der Waals surface area contributed by atoms with Gasteiger partial charge in [-0.3, -0.25) is 9.59 Å². The van der Waals surface area contributed by atoms with Crippen molar-refractivity contribution in [2.45, 2.75) is 44.5 Å². The van der Waals surface area contributed by atoms with E-state index in [1.807, 2.05) is 4.90 Å². The minimum atomic E-state index is -4.86. The summed E-state index contributed by atoms with van der Waals surface area (Å²) in [4.78, 5) is 34.6. The second kappa shape index (κ2) is 12.0. The molecule has 10 nitrogen and oxygen atoms in total. The SMILES string of the molecule is CCOC(=O)[C@@H]1CC2(CCN(c3cc(O[C@H](c4ccc(Cl)cc4-c4ccn(C)c(=O)c4)C(F)(F)F)nc(N)n3)CC2)CN1. The van der Waals surface area contributed by atoms with Crippen LogP contribution in [-0.2, 0) is 16.6 Å². The number of hydrogen-bond donors (Lipinski definition) is 2.